The first-order valence-corrected chi connectivity index (χ1v) is 9.87. The fraction of sp³-hybridized carbons (Fsp3) is 0.167. The summed E-state index contributed by atoms with van der Waals surface area (Å²) in [6.45, 7) is 3.72. The van der Waals surface area contributed by atoms with Gasteiger partial charge in [-0.2, -0.15) is 0 Å². The van der Waals surface area contributed by atoms with Crippen LogP contribution in [-0.4, -0.2) is 21.8 Å². The van der Waals surface area contributed by atoms with Gasteiger partial charge in [0.05, 0.1) is 5.69 Å². The van der Waals surface area contributed by atoms with E-state index in [4.69, 9.17) is 0 Å². The van der Waals surface area contributed by atoms with Gasteiger partial charge < -0.3 is 10.6 Å². The number of aromatic nitrogens is 2. The Morgan fingerprint density at radius 2 is 1.90 bits per heavy atom. The fourth-order valence-corrected chi connectivity index (χ4v) is 3.56. The number of carbonyl (C=O) groups is 2. The molecule has 1 atom stereocenters. The lowest BCUT2D eigenvalue weighted by Gasteiger charge is -2.24. The molecule has 0 radical (unpaired) electrons. The summed E-state index contributed by atoms with van der Waals surface area (Å²) in [5.74, 6) is -0.681. The van der Waals surface area contributed by atoms with E-state index in [2.05, 4.69) is 20.6 Å². The van der Waals surface area contributed by atoms with Crippen molar-refractivity contribution in [2.45, 2.75) is 26.2 Å². The van der Waals surface area contributed by atoms with Gasteiger partial charge >= 0.3 is 0 Å². The average molecular weight is 416 g/mol. The van der Waals surface area contributed by atoms with Crippen LogP contribution in [0.1, 0.15) is 29.3 Å². The first-order valence-electron chi connectivity index (χ1n) is 9.87. The van der Waals surface area contributed by atoms with Crippen molar-refractivity contribution in [1.82, 2.24) is 15.3 Å². The molecule has 2 aromatic carbocycles. The number of amides is 2. The number of aryl methyl sites for hydroxylation is 2. The molecule has 0 saturated heterocycles. The number of hydrogen-bond donors (Lipinski definition) is 2. The van der Waals surface area contributed by atoms with E-state index in [-0.39, 0.29) is 24.1 Å². The van der Waals surface area contributed by atoms with Crippen molar-refractivity contribution in [3.63, 3.8) is 0 Å². The van der Waals surface area contributed by atoms with E-state index in [0.717, 1.165) is 16.8 Å². The molecule has 0 aliphatic carbocycles. The predicted octanol–water partition coefficient (Wildman–Crippen LogP) is 4.03. The third-order valence-corrected chi connectivity index (χ3v) is 5.25. The molecule has 3 aromatic rings. The van der Waals surface area contributed by atoms with E-state index < -0.39 is 5.92 Å². The highest BCUT2D eigenvalue weighted by atomic mass is 19.1. The summed E-state index contributed by atoms with van der Waals surface area (Å²) in [6.07, 6.45) is 3.24. The average Bonchev–Trinajstić information content (AvgIpc) is 2.75. The van der Waals surface area contributed by atoms with Crippen molar-refractivity contribution >= 4 is 17.5 Å². The molecule has 156 valence electrons. The van der Waals surface area contributed by atoms with Gasteiger partial charge in [-0.1, -0.05) is 24.3 Å². The van der Waals surface area contributed by atoms with Gasteiger partial charge in [0.1, 0.15) is 11.6 Å². The van der Waals surface area contributed by atoms with Gasteiger partial charge in [-0.05, 0) is 49.2 Å². The first-order chi connectivity index (χ1) is 14.9. The number of carbonyl (C=O) groups excluding carboxylic acids is 2. The largest absolute Gasteiger partial charge is 0.332 e. The number of anilines is 1. The molecule has 0 saturated carbocycles. The van der Waals surface area contributed by atoms with E-state index in [1.807, 2.05) is 38.1 Å². The monoisotopic (exact) mass is 416 g/mol. The molecule has 31 heavy (non-hydrogen) atoms. The maximum absolute atomic E-state index is 13.3. The predicted molar refractivity (Wildman–Crippen MR) is 116 cm³/mol. The number of benzene rings is 2. The van der Waals surface area contributed by atoms with Crippen LogP contribution in [0, 0.1) is 19.7 Å². The van der Waals surface area contributed by atoms with E-state index >= 15 is 0 Å². The zero-order chi connectivity index (χ0) is 22.0. The van der Waals surface area contributed by atoms with Crippen molar-refractivity contribution in [3.8, 4) is 11.3 Å². The molecule has 1 aliphatic rings. The summed E-state index contributed by atoms with van der Waals surface area (Å²) in [5.41, 5.74) is 4.27. The maximum atomic E-state index is 13.3. The number of nitrogens with zero attached hydrogens (tertiary/aromatic N) is 2. The summed E-state index contributed by atoms with van der Waals surface area (Å²) >= 11 is 0. The highest BCUT2D eigenvalue weighted by Gasteiger charge is 2.29. The molecule has 4 rings (SSSR count). The molecular weight excluding hydrogens is 395 g/mol. The van der Waals surface area contributed by atoms with Crippen molar-refractivity contribution in [3.05, 3.63) is 89.3 Å². The van der Waals surface area contributed by atoms with Crippen LogP contribution in [0.3, 0.4) is 0 Å². The van der Waals surface area contributed by atoms with Crippen molar-refractivity contribution in [2.75, 3.05) is 5.32 Å². The highest BCUT2D eigenvalue weighted by Crippen LogP contribution is 2.32. The summed E-state index contributed by atoms with van der Waals surface area (Å²) in [5, 5.41) is 5.57. The minimum Gasteiger partial charge on any atom is -0.332 e. The van der Waals surface area contributed by atoms with Crippen LogP contribution in [0.4, 0.5) is 10.1 Å². The second kappa shape index (κ2) is 8.47. The lowest BCUT2D eigenvalue weighted by Crippen LogP contribution is -2.32. The number of rotatable bonds is 4. The lowest BCUT2D eigenvalue weighted by atomic mass is 9.86. The highest BCUT2D eigenvalue weighted by molar-refractivity contribution is 6.07. The molecule has 0 unspecified atom stereocenters. The van der Waals surface area contributed by atoms with Gasteiger partial charge in [-0.25, -0.2) is 14.4 Å². The molecule has 2 amide bonds. The van der Waals surface area contributed by atoms with Crippen LogP contribution in [-0.2, 0) is 9.59 Å². The van der Waals surface area contributed by atoms with Crippen LogP contribution in [0.25, 0.3) is 11.3 Å². The third kappa shape index (κ3) is 4.50. The third-order valence-electron chi connectivity index (χ3n) is 5.25. The smallest absolute Gasteiger partial charge is 0.253 e. The molecule has 2 heterocycles. The number of halogens is 1. The van der Waals surface area contributed by atoms with Crippen LogP contribution < -0.4 is 10.6 Å². The first kappa shape index (κ1) is 20.4. The van der Waals surface area contributed by atoms with Crippen LogP contribution >= 0.6 is 0 Å². The summed E-state index contributed by atoms with van der Waals surface area (Å²) in [4.78, 5) is 33.7. The second-order valence-corrected chi connectivity index (χ2v) is 7.45. The van der Waals surface area contributed by atoms with E-state index in [0.29, 0.717) is 22.6 Å². The normalized spacial score (nSPS) is 15.8. The second-order valence-electron chi connectivity index (χ2n) is 7.45. The topological polar surface area (TPSA) is 84.0 Å². The molecule has 1 aliphatic heterocycles. The minimum atomic E-state index is -0.456. The minimum absolute atomic E-state index is 0.115. The van der Waals surface area contributed by atoms with Crippen molar-refractivity contribution < 1.29 is 14.0 Å². The van der Waals surface area contributed by atoms with Crippen LogP contribution in [0.2, 0.25) is 0 Å². The Balaban J connectivity index is 1.62. The van der Waals surface area contributed by atoms with Gasteiger partial charge in [-0.15, -0.1) is 0 Å². The molecule has 0 spiro atoms. The summed E-state index contributed by atoms with van der Waals surface area (Å²) in [7, 11) is 0. The van der Waals surface area contributed by atoms with Gasteiger partial charge in [0.15, 0.2) is 0 Å². The van der Waals surface area contributed by atoms with E-state index in [1.165, 1.54) is 18.3 Å². The van der Waals surface area contributed by atoms with Gasteiger partial charge in [-0.3, -0.25) is 9.59 Å². The zero-order valence-electron chi connectivity index (χ0n) is 17.1. The van der Waals surface area contributed by atoms with Gasteiger partial charge in [0.2, 0.25) is 5.91 Å². The number of nitrogens with one attached hydrogen (secondary N) is 2. The van der Waals surface area contributed by atoms with E-state index in [1.54, 1.807) is 18.3 Å². The zero-order valence-corrected chi connectivity index (χ0v) is 17.1. The van der Waals surface area contributed by atoms with Gasteiger partial charge in [0, 0.05) is 41.6 Å². The Hall–Kier alpha value is -3.87. The molecular formula is C24H21FN4O2. The molecule has 0 bridgehead atoms. The molecule has 1 aromatic heterocycles. The van der Waals surface area contributed by atoms with E-state index in [9.17, 15) is 14.0 Å². The molecule has 6 nitrogen and oxygen atoms in total. The SMILES string of the molecule is Cc1nccc(-c2ccc(C)c(NC(=O)C3=CNC(=O)C[C@H]3c3ccc(F)cc3)c2)n1. The Morgan fingerprint density at radius 1 is 1.13 bits per heavy atom. The maximum Gasteiger partial charge on any atom is 0.253 e. The molecule has 2 N–H and O–H groups in total. The van der Waals surface area contributed by atoms with Gasteiger partial charge in [0.25, 0.3) is 5.91 Å². The molecule has 0 fully saturated rings. The summed E-state index contributed by atoms with van der Waals surface area (Å²) in [6, 6.07) is 13.4. The lowest BCUT2D eigenvalue weighted by molar-refractivity contribution is -0.121. The number of hydrogen-bond acceptors (Lipinski definition) is 4. The Bertz CT molecular complexity index is 1190. The summed E-state index contributed by atoms with van der Waals surface area (Å²) < 4.78 is 13.3. The quantitative estimate of drug-likeness (QED) is 0.673. The van der Waals surface area contributed by atoms with Crippen molar-refractivity contribution in [2.24, 2.45) is 0 Å². The molecule has 7 heteroatoms. The van der Waals surface area contributed by atoms with Crippen molar-refractivity contribution in [1.29, 1.82) is 0 Å². The fourth-order valence-electron chi connectivity index (χ4n) is 3.56. The van der Waals surface area contributed by atoms with Crippen LogP contribution in [0.15, 0.2) is 66.5 Å². The standard InChI is InChI=1S/C24H21FN4O2/c1-14-3-4-17(21-9-10-26-15(2)28-21)11-22(14)29-24(31)20-13-27-23(30)12-19(20)16-5-7-18(25)8-6-16/h3-11,13,19H,12H2,1-2H3,(H,27,30)(H,29,31)/t19-/m0/s1. The Labute approximate surface area is 179 Å². The Morgan fingerprint density at radius 3 is 2.65 bits per heavy atom. The Kier molecular flexibility index (Phi) is 5.58. The van der Waals surface area contributed by atoms with Crippen LogP contribution in [0.5, 0.6) is 0 Å².